The fraction of sp³-hybridized carbons (Fsp3) is 0.308. The molecule has 1 heterocycles. The highest BCUT2D eigenvalue weighted by molar-refractivity contribution is 5.96. The van der Waals surface area contributed by atoms with Gasteiger partial charge in [-0.3, -0.25) is 9.78 Å². The fourth-order valence-electron chi connectivity index (χ4n) is 1.34. The maximum atomic E-state index is 12.1. The van der Waals surface area contributed by atoms with Crippen molar-refractivity contribution in [1.82, 2.24) is 9.88 Å². The second-order valence-electron chi connectivity index (χ2n) is 3.52. The Morgan fingerprint density at radius 2 is 2.39 bits per heavy atom. The highest BCUT2D eigenvalue weighted by Gasteiger charge is 2.14. The fourth-order valence-corrected chi connectivity index (χ4v) is 1.34. The molecule has 0 aromatic carbocycles. The Hall–Kier alpha value is -2.37. The molecule has 18 heavy (non-hydrogen) atoms. The van der Waals surface area contributed by atoms with E-state index in [9.17, 15) is 4.79 Å². The molecule has 0 aliphatic heterocycles. The third-order valence-electron chi connectivity index (χ3n) is 2.26. The lowest BCUT2D eigenvalue weighted by Gasteiger charge is -2.16. The number of carbonyl (C=O) groups is 1. The van der Waals surface area contributed by atoms with Crippen molar-refractivity contribution >= 4 is 5.91 Å². The van der Waals surface area contributed by atoms with Crippen LogP contribution in [0.15, 0.2) is 18.5 Å². The van der Waals surface area contributed by atoms with Crippen molar-refractivity contribution in [3.05, 3.63) is 29.6 Å². The van der Waals surface area contributed by atoms with Crippen LogP contribution < -0.4 is 0 Å². The van der Waals surface area contributed by atoms with Gasteiger partial charge >= 0.3 is 0 Å². The number of hydrogen-bond acceptors (Lipinski definition) is 4. The molecule has 0 radical (unpaired) electrons. The predicted octanol–water partition coefficient (Wildman–Crippen LogP) is 0.411. The monoisotopic (exact) mass is 243 g/mol. The van der Waals surface area contributed by atoms with E-state index in [0.717, 1.165) is 0 Å². The van der Waals surface area contributed by atoms with Crippen LogP contribution in [-0.2, 0) is 0 Å². The van der Waals surface area contributed by atoms with Crippen LogP contribution in [0.2, 0.25) is 0 Å². The summed E-state index contributed by atoms with van der Waals surface area (Å²) in [7, 11) is 1.63. The molecule has 1 N–H and O–H groups in total. The van der Waals surface area contributed by atoms with Crippen molar-refractivity contribution in [2.24, 2.45) is 0 Å². The van der Waals surface area contributed by atoms with E-state index < -0.39 is 0 Å². The zero-order chi connectivity index (χ0) is 13.4. The summed E-state index contributed by atoms with van der Waals surface area (Å²) in [5.41, 5.74) is 0.895. The lowest BCUT2D eigenvalue weighted by molar-refractivity contribution is 0.0797. The van der Waals surface area contributed by atoms with E-state index in [1.165, 1.54) is 17.3 Å². The molecule has 5 nitrogen and oxygen atoms in total. The van der Waals surface area contributed by atoms with Gasteiger partial charge in [-0.15, -0.1) is 0 Å². The number of carbonyl (C=O) groups excluding carboxylic acids is 1. The van der Waals surface area contributed by atoms with E-state index >= 15 is 0 Å². The minimum Gasteiger partial charge on any atom is -0.384 e. The van der Waals surface area contributed by atoms with E-state index in [1.807, 2.05) is 6.07 Å². The molecule has 0 spiro atoms. The summed E-state index contributed by atoms with van der Waals surface area (Å²) in [6, 6.07) is 3.56. The molecular weight excluding hydrogens is 230 g/mol. The molecule has 0 aliphatic carbocycles. The largest absolute Gasteiger partial charge is 0.384 e. The van der Waals surface area contributed by atoms with Gasteiger partial charge in [-0.2, -0.15) is 5.26 Å². The van der Waals surface area contributed by atoms with Crippen LogP contribution in [0.3, 0.4) is 0 Å². The maximum absolute atomic E-state index is 12.1. The number of hydrogen-bond donors (Lipinski definition) is 1. The average Bonchev–Trinajstić information content (AvgIpc) is 2.42. The van der Waals surface area contributed by atoms with E-state index in [2.05, 4.69) is 16.8 Å². The molecule has 0 atom stereocenters. The minimum absolute atomic E-state index is 0.213. The molecule has 0 saturated carbocycles. The zero-order valence-corrected chi connectivity index (χ0v) is 10.1. The SMILES string of the molecule is CN(CCC#N)C(=O)c1ccncc1C#CCO. The first-order valence-corrected chi connectivity index (χ1v) is 5.37. The van der Waals surface area contributed by atoms with Gasteiger partial charge in [0.15, 0.2) is 0 Å². The molecule has 0 bridgehead atoms. The molecule has 0 fully saturated rings. The molecule has 0 aliphatic rings. The van der Waals surface area contributed by atoms with Crippen LogP contribution >= 0.6 is 0 Å². The predicted molar refractivity (Wildman–Crippen MR) is 65.4 cm³/mol. The number of aliphatic hydroxyl groups excluding tert-OH is 1. The number of amides is 1. The molecule has 0 saturated heterocycles. The first-order chi connectivity index (χ1) is 8.70. The van der Waals surface area contributed by atoms with Gasteiger partial charge < -0.3 is 10.0 Å². The summed E-state index contributed by atoms with van der Waals surface area (Å²) < 4.78 is 0. The maximum Gasteiger partial charge on any atom is 0.255 e. The molecule has 1 aromatic heterocycles. The Morgan fingerprint density at radius 1 is 1.61 bits per heavy atom. The molecule has 92 valence electrons. The van der Waals surface area contributed by atoms with Gasteiger partial charge in [-0.1, -0.05) is 11.8 Å². The van der Waals surface area contributed by atoms with E-state index in [4.69, 9.17) is 10.4 Å². The summed E-state index contributed by atoms with van der Waals surface area (Å²) >= 11 is 0. The lowest BCUT2D eigenvalue weighted by Crippen LogP contribution is -2.28. The van der Waals surface area contributed by atoms with Crippen LogP contribution in [0.5, 0.6) is 0 Å². The Bertz CT molecular complexity index is 523. The number of aromatic nitrogens is 1. The average molecular weight is 243 g/mol. The molecular formula is C13H13N3O2. The second kappa shape index (κ2) is 7.05. The van der Waals surface area contributed by atoms with Crippen LogP contribution in [0.25, 0.3) is 0 Å². The summed E-state index contributed by atoms with van der Waals surface area (Å²) in [5.74, 6) is 4.95. The van der Waals surface area contributed by atoms with Gasteiger partial charge in [-0.05, 0) is 6.07 Å². The second-order valence-corrected chi connectivity index (χ2v) is 3.52. The Labute approximate surface area is 106 Å². The zero-order valence-electron chi connectivity index (χ0n) is 10.1. The topological polar surface area (TPSA) is 77.2 Å². The van der Waals surface area contributed by atoms with Gasteiger partial charge in [0, 0.05) is 26.0 Å². The smallest absolute Gasteiger partial charge is 0.255 e. The number of aliphatic hydroxyl groups is 1. The quantitative estimate of drug-likeness (QED) is 0.780. The third-order valence-corrected chi connectivity index (χ3v) is 2.26. The van der Waals surface area contributed by atoms with Crippen LogP contribution in [0, 0.1) is 23.2 Å². The van der Waals surface area contributed by atoms with E-state index in [-0.39, 0.29) is 18.9 Å². The Morgan fingerprint density at radius 3 is 3.06 bits per heavy atom. The van der Waals surface area contributed by atoms with Crippen molar-refractivity contribution in [1.29, 1.82) is 5.26 Å². The first-order valence-electron chi connectivity index (χ1n) is 5.37. The minimum atomic E-state index is -0.271. The molecule has 1 aromatic rings. The summed E-state index contributed by atoms with van der Waals surface area (Å²) in [5, 5.41) is 17.1. The first kappa shape index (κ1) is 13.7. The summed E-state index contributed by atoms with van der Waals surface area (Å²) in [6.45, 7) is 0.0946. The molecule has 1 amide bonds. The number of nitrogens with zero attached hydrogens (tertiary/aromatic N) is 3. The molecule has 0 unspecified atom stereocenters. The van der Waals surface area contributed by atoms with E-state index in [1.54, 1.807) is 13.1 Å². The number of nitriles is 1. The molecule has 1 rings (SSSR count). The van der Waals surface area contributed by atoms with Crippen LogP contribution in [-0.4, -0.2) is 41.1 Å². The summed E-state index contributed by atoms with van der Waals surface area (Å²) in [4.78, 5) is 17.4. The van der Waals surface area contributed by atoms with Crippen molar-refractivity contribution in [3.8, 4) is 17.9 Å². The van der Waals surface area contributed by atoms with Crippen molar-refractivity contribution in [2.45, 2.75) is 6.42 Å². The van der Waals surface area contributed by atoms with Crippen molar-refractivity contribution in [3.63, 3.8) is 0 Å². The van der Waals surface area contributed by atoms with E-state index in [0.29, 0.717) is 17.7 Å². The van der Waals surface area contributed by atoms with Gasteiger partial charge in [0.1, 0.15) is 6.61 Å². The summed E-state index contributed by atoms with van der Waals surface area (Å²) in [6.07, 6.45) is 3.27. The van der Waals surface area contributed by atoms with Gasteiger partial charge in [-0.25, -0.2) is 0 Å². The van der Waals surface area contributed by atoms with Gasteiger partial charge in [0.25, 0.3) is 5.91 Å². The number of rotatable bonds is 3. The highest BCUT2D eigenvalue weighted by Crippen LogP contribution is 2.08. The third kappa shape index (κ3) is 3.58. The Kier molecular flexibility index (Phi) is 5.37. The van der Waals surface area contributed by atoms with Gasteiger partial charge in [0.2, 0.25) is 0 Å². The Balaban J connectivity index is 2.95. The lowest BCUT2D eigenvalue weighted by atomic mass is 10.1. The normalized spacial score (nSPS) is 8.94. The molecule has 5 heteroatoms. The van der Waals surface area contributed by atoms with Crippen molar-refractivity contribution < 1.29 is 9.90 Å². The highest BCUT2D eigenvalue weighted by atomic mass is 16.2. The van der Waals surface area contributed by atoms with Gasteiger partial charge in [0.05, 0.1) is 23.6 Å². The standard InChI is InChI=1S/C13H13N3O2/c1-16(8-3-6-14)13(18)12-5-7-15-10-11(12)4-2-9-17/h5,7,10,17H,3,8-9H2,1H3. The van der Waals surface area contributed by atoms with Crippen molar-refractivity contribution in [2.75, 3.05) is 20.2 Å². The van der Waals surface area contributed by atoms with Crippen LogP contribution in [0.1, 0.15) is 22.3 Å². The van der Waals surface area contributed by atoms with Crippen LogP contribution in [0.4, 0.5) is 0 Å². The number of pyridine rings is 1.